The third kappa shape index (κ3) is 2.80. The van der Waals surface area contributed by atoms with Crippen molar-refractivity contribution < 1.29 is 4.74 Å². The van der Waals surface area contributed by atoms with E-state index in [2.05, 4.69) is 41.8 Å². The second kappa shape index (κ2) is 6.29. The smallest absolute Gasteiger partial charge is 0.119 e. The molecule has 0 fully saturated rings. The number of hydrazine groups is 1. The molecule has 3 rings (SSSR count). The summed E-state index contributed by atoms with van der Waals surface area (Å²) >= 11 is 0. The number of rotatable bonds is 4. The summed E-state index contributed by atoms with van der Waals surface area (Å²) in [6.07, 6.45) is 3.54. The molecule has 110 valence electrons. The molecular formula is C18H22N2O. The molecule has 3 N–H and O–H groups in total. The van der Waals surface area contributed by atoms with Gasteiger partial charge in [-0.05, 0) is 48.1 Å². The molecule has 0 bridgehead atoms. The minimum Gasteiger partial charge on any atom is -0.497 e. The molecule has 2 atom stereocenters. The summed E-state index contributed by atoms with van der Waals surface area (Å²) in [6, 6.07) is 17.0. The van der Waals surface area contributed by atoms with Crippen molar-refractivity contribution in [2.24, 2.45) is 5.84 Å². The summed E-state index contributed by atoms with van der Waals surface area (Å²) in [4.78, 5) is 0. The number of nitrogens with two attached hydrogens (primary N) is 1. The van der Waals surface area contributed by atoms with Gasteiger partial charge < -0.3 is 4.74 Å². The number of aryl methyl sites for hydroxylation is 1. The molecule has 0 radical (unpaired) electrons. The molecule has 3 heteroatoms. The van der Waals surface area contributed by atoms with Gasteiger partial charge in [0.25, 0.3) is 0 Å². The Bertz CT molecular complexity index is 612. The normalized spacial score (nSPS) is 18.9. The topological polar surface area (TPSA) is 47.3 Å². The van der Waals surface area contributed by atoms with Crippen LogP contribution in [0.4, 0.5) is 0 Å². The number of methoxy groups -OCH3 is 1. The van der Waals surface area contributed by atoms with E-state index in [0.717, 1.165) is 12.2 Å². The summed E-state index contributed by atoms with van der Waals surface area (Å²) in [5.74, 6) is 7.17. The van der Waals surface area contributed by atoms with Gasteiger partial charge in [-0.15, -0.1) is 0 Å². The van der Waals surface area contributed by atoms with Crippen molar-refractivity contribution in [1.82, 2.24) is 5.43 Å². The van der Waals surface area contributed by atoms with E-state index in [1.165, 1.54) is 29.5 Å². The largest absolute Gasteiger partial charge is 0.497 e. The average Bonchev–Trinajstić information content (AvgIpc) is 2.56. The van der Waals surface area contributed by atoms with Crippen molar-refractivity contribution in [1.29, 1.82) is 0 Å². The van der Waals surface area contributed by atoms with Crippen molar-refractivity contribution >= 4 is 0 Å². The van der Waals surface area contributed by atoms with E-state index in [4.69, 9.17) is 10.6 Å². The van der Waals surface area contributed by atoms with Gasteiger partial charge in [0.2, 0.25) is 0 Å². The molecule has 0 heterocycles. The van der Waals surface area contributed by atoms with Gasteiger partial charge in [0.05, 0.1) is 13.2 Å². The Balaban J connectivity index is 1.97. The molecule has 0 amide bonds. The van der Waals surface area contributed by atoms with Crippen LogP contribution in [-0.2, 0) is 6.42 Å². The fraction of sp³-hybridized carbons (Fsp3) is 0.333. The Labute approximate surface area is 126 Å². The predicted octanol–water partition coefficient (Wildman–Crippen LogP) is 3.32. The lowest BCUT2D eigenvalue weighted by Crippen LogP contribution is -2.34. The number of ether oxygens (including phenoxy) is 1. The Morgan fingerprint density at radius 2 is 2.05 bits per heavy atom. The molecule has 3 nitrogen and oxygen atoms in total. The van der Waals surface area contributed by atoms with Gasteiger partial charge >= 0.3 is 0 Å². The van der Waals surface area contributed by atoms with E-state index in [1.807, 2.05) is 12.1 Å². The Morgan fingerprint density at radius 1 is 1.19 bits per heavy atom. The van der Waals surface area contributed by atoms with E-state index in [1.54, 1.807) is 7.11 Å². The first-order valence-electron chi connectivity index (χ1n) is 7.51. The minimum absolute atomic E-state index is 0.113. The third-order valence-electron chi connectivity index (χ3n) is 4.45. The lowest BCUT2D eigenvalue weighted by molar-refractivity contribution is 0.398. The van der Waals surface area contributed by atoms with Gasteiger partial charge in [-0.1, -0.05) is 36.4 Å². The van der Waals surface area contributed by atoms with Gasteiger partial charge in [-0.3, -0.25) is 11.3 Å². The van der Waals surface area contributed by atoms with Crippen LogP contribution in [0.2, 0.25) is 0 Å². The highest BCUT2D eigenvalue weighted by Crippen LogP contribution is 2.40. The number of hydrogen-bond acceptors (Lipinski definition) is 3. The first kappa shape index (κ1) is 14.1. The summed E-state index contributed by atoms with van der Waals surface area (Å²) in [7, 11) is 1.69. The van der Waals surface area contributed by atoms with E-state index in [-0.39, 0.29) is 6.04 Å². The van der Waals surface area contributed by atoms with Crippen LogP contribution in [0, 0.1) is 0 Å². The molecule has 0 aromatic heterocycles. The molecule has 0 aliphatic heterocycles. The van der Waals surface area contributed by atoms with E-state index >= 15 is 0 Å². The van der Waals surface area contributed by atoms with Crippen LogP contribution in [0.1, 0.15) is 41.5 Å². The predicted molar refractivity (Wildman–Crippen MR) is 85.2 cm³/mol. The Hall–Kier alpha value is -1.84. The van der Waals surface area contributed by atoms with Crippen molar-refractivity contribution in [2.75, 3.05) is 7.11 Å². The molecule has 1 aliphatic rings. The number of fused-ring (bicyclic) bond motifs is 1. The first-order chi connectivity index (χ1) is 10.3. The van der Waals surface area contributed by atoms with Crippen molar-refractivity contribution in [2.45, 2.75) is 31.2 Å². The zero-order valence-electron chi connectivity index (χ0n) is 12.4. The first-order valence-corrected chi connectivity index (χ1v) is 7.51. The van der Waals surface area contributed by atoms with Crippen LogP contribution in [0.25, 0.3) is 0 Å². The van der Waals surface area contributed by atoms with Crippen LogP contribution in [0.15, 0.2) is 48.5 Å². The molecule has 0 spiro atoms. The monoisotopic (exact) mass is 282 g/mol. The molecular weight excluding hydrogens is 260 g/mol. The van der Waals surface area contributed by atoms with Crippen LogP contribution in [-0.4, -0.2) is 7.11 Å². The maximum atomic E-state index is 5.89. The summed E-state index contributed by atoms with van der Waals surface area (Å²) in [5, 5.41) is 0. The molecule has 1 aliphatic carbocycles. The SMILES string of the molecule is COc1cccc(C(NN)C2CCCc3ccccc32)c1. The fourth-order valence-corrected chi connectivity index (χ4v) is 3.42. The maximum absolute atomic E-state index is 5.89. The van der Waals surface area contributed by atoms with Crippen molar-refractivity contribution in [3.05, 3.63) is 65.2 Å². The number of benzene rings is 2. The van der Waals surface area contributed by atoms with Crippen LogP contribution >= 0.6 is 0 Å². The Kier molecular flexibility index (Phi) is 4.23. The zero-order chi connectivity index (χ0) is 14.7. The van der Waals surface area contributed by atoms with Gasteiger partial charge in [0.1, 0.15) is 5.75 Å². The number of nitrogens with one attached hydrogen (secondary N) is 1. The average molecular weight is 282 g/mol. The molecule has 0 saturated carbocycles. The van der Waals surface area contributed by atoms with E-state index < -0.39 is 0 Å². The second-order valence-electron chi connectivity index (χ2n) is 5.62. The second-order valence-corrected chi connectivity index (χ2v) is 5.62. The van der Waals surface area contributed by atoms with Crippen LogP contribution in [0.3, 0.4) is 0 Å². The fourth-order valence-electron chi connectivity index (χ4n) is 3.42. The lowest BCUT2D eigenvalue weighted by Gasteiger charge is -2.32. The Morgan fingerprint density at radius 3 is 2.86 bits per heavy atom. The van der Waals surface area contributed by atoms with Crippen LogP contribution < -0.4 is 16.0 Å². The quantitative estimate of drug-likeness (QED) is 0.668. The van der Waals surface area contributed by atoms with Gasteiger partial charge in [-0.2, -0.15) is 0 Å². The maximum Gasteiger partial charge on any atom is 0.119 e. The summed E-state index contributed by atoms with van der Waals surface area (Å²) < 4.78 is 5.34. The standard InChI is InChI=1S/C18H22N2O/c1-21-15-9-4-8-14(12-15)18(20-19)17-11-5-7-13-6-2-3-10-16(13)17/h2-4,6,8-10,12,17-18,20H,5,7,11,19H2,1H3. The molecule has 2 aromatic rings. The van der Waals surface area contributed by atoms with E-state index in [0.29, 0.717) is 5.92 Å². The molecule has 21 heavy (non-hydrogen) atoms. The van der Waals surface area contributed by atoms with Gasteiger partial charge in [0.15, 0.2) is 0 Å². The summed E-state index contributed by atoms with van der Waals surface area (Å²) in [6.45, 7) is 0. The molecule has 2 unspecified atom stereocenters. The third-order valence-corrected chi connectivity index (χ3v) is 4.45. The van der Waals surface area contributed by atoms with Crippen molar-refractivity contribution in [3.8, 4) is 5.75 Å². The minimum atomic E-state index is 0.113. The van der Waals surface area contributed by atoms with E-state index in [9.17, 15) is 0 Å². The van der Waals surface area contributed by atoms with Crippen LogP contribution in [0.5, 0.6) is 5.75 Å². The van der Waals surface area contributed by atoms with Gasteiger partial charge in [-0.25, -0.2) is 0 Å². The summed E-state index contributed by atoms with van der Waals surface area (Å²) in [5.41, 5.74) is 7.08. The highest BCUT2D eigenvalue weighted by Gasteiger charge is 2.28. The molecule has 2 aromatic carbocycles. The zero-order valence-corrected chi connectivity index (χ0v) is 12.4. The highest BCUT2D eigenvalue weighted by atomic mass is 16.5. The highest BCUT2D eigenvalue weighted by molar-refractivity contribution is 5.38. The lowest BCUT2D eigenvalue weighted by atomic mass is 9.77. The number of hydrogen-bond donors (Lipinski definition) is 2. The van der Waals surface area contributed by atoms with Gasteiger partial charge in [0, 0.05) is 5.92 Å². The molecule has 0 saturated heterocycles. The van der Waals surface area contributed by atoms with Crippen molar-refractivity contribution in [3.63, 3.8) is 0 Å².